The lowest BCUT2D eigenvalue weighted by molar-refractivity contribution is 0.0759. The van der Waals surface area contributed by atoms with E-state index in [1.807, 2.05) is 0 Å². The Morgan fingerprint density at radius 3 is 2.55 bits per heavy atom. The van der Waals surface area contributed by atoms with Crippen LogP contribution in [0.4, 0.5) is 0 Å². The first-order chi connectivity index (χ1) is 9.29. The molecular formula is C18H29NO. The van der Waals surface area contributed by atoms with Crippen LogP contribution in [0.25, 0.3) is 0 Å². The average Bonchev–Trinajstić information content (AvgIpc) is 2.38. The third-order valence-electron chi connectivity index (χ3n) is 4.86. The Labute approximate surface area is 123 Å². The molecule has 0 bridgehead atoms. The highest BCUT2D eigenvalue weighted by molar-refractivity contribution is 5.43. The van der Waals surface area contributed by atoms with E-state index in [2.05, 4.69) is 45.9 Å². The second-order valence-electron chi connectivity index (χ2n) is 7.41. The van der Waals surface area contributed by atoms with Crippen LogP contribution in [0.1, 0.15) is 57.6 Å². The van der Waals surface area contributed by atoms with Crippen LogP contribution in [0, 0.1) is 18.3 Å². The summed E-state index contributed by atoms with van der Waals surface area (Å²) >= 11 is 0. The lowest BCUT2D eigenvalue weighted by atomic mass is 9.60. The van der Waals surface area contributed by atoms with Crippen LogP contribution in [-0.4, -0.2) is 7.11 Å². The van der Waals surface area contributed by atoms with E-state index in [9.17, 15) is 0 Å². The summed E-state index contributed by atoms with van der Waals surface area (Å²) in [4.78, 5) is 0. The van der Waals surface area contributed by atoms with Crippen molar-refractivity contribution in [2.75, 3.05) is 7.11 Å². The van der Waals surface area contributed by atoms with E-state index in [0.717, 1.165) is 12.2 Å². The van der Waals surface area contributed by atoms with E-state index < -0.39 is 0 Å². The molecule has 2 atom stereocenters. The van der Waals surface area contributed by atoms with Crippen LogP contribution in [0.3, 0.4) is 0 Å². The third-order valence-corrected chi connectivity index (χ3v) is 4.86. The summed E-state index contributed by atoms with van der Waals surface area (Å²) in [7, 11) is 1.74. The molecule has 0 heterocycles. The second-order valence-corrected chi connectivity index (χ2v) is 7.41. The number of hydrogen-bond acceptors (Lipinski definition) is 2. The number of nitrogens with two attached hydrogens (primary N) is 1. The number of rotatable bonds is 2. The molecule has 1 aliphatic rings. The van der Waals surface area contributed by atoms with Crippen molar-refractivity contribution in [3.8, 4) is 5.75 Å². The molecule has 112 valence electrons. The molecule has 0 spiro atoms. The SMILES string of the molecule is COc1ccc(C)cc1C1(N)CCCCC1C(C)(C)C. The molecule has 2 rings (SSSR count). The van der Waals surface area contributed by atoms with Gasteiger partial charge < -0.3 is 10.5 Å². The van der Waals surface area contributed by atoms with Gasteiger partial charge in [-0.1, -0.05) is 51.3 Å². The van der Waals surface area contributed by atoms with E-state index in [0.29, 0.717) is 5.92 Å². The molecule has 1 aliphatic carbocycles. The molecule has 1 saturated carbocycles. The summed E-state index contributed by atoms with van der Waals surface area (Å²) in [6, 6.07) is 6.39. The van der Waals surface area contributed by atoms with Crippen molar-refractivity contribution in [3.05, 3.63) is 29.3 Å². The Bertz CT molecular complexity index is 475. The van der Waals surface area contributed by atoms with Crippen molar-refractivity contribution < 1.29 is 4.74 Å². The minimum Gasteiger partial charge on any atom is -0.496 e. The summed E-state index contributed by atoms with van der Waals surface area (Å²) in [6.45, 7) is 9.06. The monoisotopic (exact) mass is 275 g/mol. The summed E-state index contributed by atoms with van der Waals surface area (Å²) in [6.07, 6.45) is 4.75. The summed E-state index contributed by atoms with van der Waals surface area (Å²) in [5.74, 6) is 1.42. The highest BCUT2D eigenvalue weighted by Crippen LogP contribution is 2.50. The van der Waals surface area contributed by atoms with Crippen molar-refractivity contribution in [2.24, 2.45) is 17.1 Å². The first-order valence-corrected chi connectivity index (χ1v) is 7.73. The van der Waals surface area contributed by atoms with E-state index >= 15 is 0 Å². The fourth-order valence-corrected chi connectivity index (χ4v) is 3.91. The van der Waals surface area contributed by atoms with E-state index in [1.54, 1.807) is 7.11 Å². The van der Waals surface area contributed by atoms with E-state index in [-0.39, 0.29) is 11.0 Å². The molecule has 1 fully saturated rings. The van der Waals surface area contributed by atoms with Gasteiger partial charge in [0.2, 0.25) is 0 Å². The van der Waals surface area contributed by atoms with Gasteiger partial charge in [-0.3, -0.25) is 0 Å². The van der Waals surface area contributed by atoms with Crippen LogP contribution in [0.2, 0.25) is 0 Å². The van der Waals surface area contributed by atoms with Crippen LogP contribution in [-0.2, 0) is 5.54 Å². The predicted octanol–water partition coefficient (Wildman–Crippen LogP) is 4.39. The molecule has 2 N–H and O–H groups in total. The summed E-state index contributed by atoms with van der Waals surface area (Å²) < 4.78 is 5.60. The van der Waals surface area contributed by atoms with Crippen molar-refractivity contribution >= 4 is 0 Å². The van der Waals surface area contributed by atoms with Crippen LogP contribution >= 0.6 is 0 Å². The fourth-order valence-electron chi connectivity index (χ4n) is 3.91. The fraction of sp³-hybridized carbons (Fsp3) is 0.667. The van der Waals surface area contributed by atoms with Gasteiger partial charge in [-0.15, -0.1) is 0 Å². The quantitative estimate of drug-likeness (QED) is 0.868. The molecule has 2 heteroatoms. The topological polar surface area (TPSA) is 35.2 Å². The first-order valence-electron chi connectivity index (χ1n) is 7.73. The Hall–Kier alpha value is -1.02. The van der Waals surface area contributed by atoms with Gasteiger partial charge in [-0.25, -0.2) is 0 Å². The average molecular weight is 275 g/mol. The van der Waals surface area contributed by atoms with Gasteiger partial charge in [0.1, 0.15) is 5.75 Å². The van der Waals surface area contributed by atoms with Crippen molar-refractivity contribution in [3.63, 3.8) is 0 Å². The molecule has 0 radical (unpaired) electrons. The summed E-state index contributed by atoms with van der Waals surface area (Å²) in [5.41, 5.74) is 9.37. The van der Waals surface area contributed by atoms with Crippen molar-refractivity contribution in [1.82, 2.24) is 0 Å². The van der Waals surface area contributed by atoms with Gasteiger partial charge in [0.05, 0.1) is 7.11 Å². The number of ether oxygens (including phenoxy) is 1. The number of benzene rings is 1. The highest BCUT2D eigenvalue weighted by Gasteiger charge is 2.45. The molecule has 0 amide bonds. The lowest BCUT2D eigenvalue weighted by Gasteiger charge is -2.48. The zero-order valence-electron chi connectivity index (χ0n) is 13.6. The lowest BCUT2D eigenvalue weighted by Crippen LogP contribution is -2.51. The van der Waals surface area contributed by atoms with Crippen LogP contribution in [0.5, 0.6) is 5.75 Å². The van der Waals surface area contributed by atoms with Crippen LogP contribution in [0.15, 0.2) is 18.2 Å². The van der Waals surface area contributed by atoms with Crippen molar-refractivity contribution in [2.45, 2.75) is 58.9 Å². The Morgan fingerprint density at radius 1 is 1.25 bits per heavy atom. The minimum atomic E-state index is -0.270. The molecule has 1 aromatic rings. The number of hydrogen-bond donors (Lipinski definition) is 1. The maximum atomic E-state index is 6.98. The smallest absolute Gasteiger partial charge is 0.123 e. The van der Waals surface area contributed by atoms with Gasteiger partial charge in [0, 0.05) is 11.1 Å². The molecule has 2 unspecified atom stereocenters. The van der Waals surface area contributed by atoms with Gasteiger partial charge in [-0.2, -0.15) is 0 Å². The molecular weight excluding hydrogens is 246 g/mol. The zero-order chi connectivity index (χ0) is 15.0. The maximum absolute atomic E-state index is 6.98. The van der Waals surface area contributed by atoms with Crippen molar-refractivity contribution in [1.29, 1.82) is 0 Å². The molecule has 2 nitrogen and oxygen atoms in total. The Morgan fingerprint density at radius 2 is 1.95 bits per heavy atom. The van der Waals surface area contributed by atoms with Gasteiger partial charge in [-0.05, 0) is 37.2 Å². The minimum absolute atomic E-state index is 0.212. The molecule has 0 saturated heterocycles. The molecule has 1 aromatic carbocycles. The second kappa shape index (κ2) is 5.40. The third kappa shape index (κ3) is 2.71. The Kier molecular flexibility index (Phi) is 4.15. The highest BCUT2D eigenvalue weighted by atomic mass is 16.5. The van der Waals surface area contributed by atoms with Gasteiger partial charge in [0.25, 0.3) is 0 Å². The number of methoxy groups -OCH3 is 1. The number of aryl methyl sites for hydroxylation is 1. The molecule has 20 heavy (non-hydrogen) atoms. The normalized spacial score (nSPS) is 27.4. The molecule has 0 aromatic heterocycles. The van der Waals surface area contributed by atoms with Gasteiger partial charge >= 0.3 is 0 Å². The standard InChI is InChI=1S/C18H29NO/c1-13-9-10-15(20-5)14(12-13)18(19)11-7-6-8-16(18)17(2,3)4/h9-10,12,16H,6-8,11,19H2,1-5H3. The first kappa shape index (κ1) is 15.4. The Balaban J connectivity index is 2.53. The van der Waals surface area contributed by atoms with E-state index in [4.69, 9.17) is 10.5 Å². The summed E-state index contributed by atoms with van der Waals surface area (Å²) in [5, 5.41) is 0. The van der Waals surface area contributed by atoms with Crippen LogP contribution < -0.4 is 10.5 Å². The van der Waals surface area contributed by atoms with Gasteiger partial charge in [0.15, 0.2) is 0 Å². The van der Waals surface area contributed by atoms with E-state index in [1.165, 1.54) is 30.4 Å². The largest absolute Gasteiger partial charge is 0.496 e. The predicted molar refractivity (Wildman–Crippen MR) is 85.0 cm³/mol. The maximum Gasteiger partial charge on any atom is 0.123 e. The zero-order valence-corrected chi connectivity index (χ0v) is 13.6. The molecule has 0 aliphatic heterocycles.